The van der Waals surface area contributed by atoms with Gasteiger partial charge in [0.2, 0.25) is 6.10 Å². The lowest BCUT2D eigenvalue weighted by Crippen LogP contribution is -2.52. The van der Waals surface area contributed by atoms with Gasteiger partial charge in [-0.3, -0.25) is 4.79 Å². The molecule has 4 aliphatic heterocycles. The summed E-state index contributed by atoms with van der Waals surface area (Å²) in [5.74, 6) is 1.15. The fourth-order valence-electron chi connectivity index (χ4n) is 8.22. The van der Waals surface area contributed by atoms with Crippen LogP contribution >= 0.6 is 0 Å². The molecule has 3 saturated heterocycles. The highest BCUT2D eigenvalue weighted by molar-refractivity contribution is 5.91. The molecule has 2 aromatic rings. The van der Waals surface area contributed by atoms with Crippen LogP contribution in [0, 0.1) is 25.7 Å². The number of methoxy groups -OCH3 is 1. The number of aryl methyl sites for hydroxylation is 2. The number of benzene rings is 2. The number of urea groups is 1. The zero-order chi connectivity index (χ0) is 32.9. The van der Waals surface area contributed by atoms with Gasteiger partial charge in [-0.1, -0.05) is 47.5 Å². The summed E-state index contributed by atoms with van der Waals surface area (Å²) in [6.45, 7) is 9.04. The molecular weight excluding hydrogens is 594 g/mol. The molecule has 0 saturated carbocycles. The van der Waals surface area contributed by atoms with Crippen LogP contribution in [0.1, 0.15) is 66.9 Å². The van der Waals surface area contributed by atoms with Gasteiger partial charge in [-0.2, -0.15) is 0 Å². The second-order valence-electron chi connectivity index (χ2n) is 13.9. The third kappa shape index (κ3) is 7.75. The molecule has 4 amide bonds. The maximum absolute atomic E-state index is 14.3. The van der Waals surface area contributed by atoms with E-state index in [4.69, 9.17) is 9.47 Å². The summed E-state index contributed by atoms with van der Waals surface area (Å²) in [7, 11) is 1.58. The van der Waals surface area contributed by atoms with Crippen LogP contribution in [0.4, 0.5) is 15.3 Å². The highest BCUT2D eigenvalue weighted by atomic mass is 16.6. The highest BCUT2D eigenvalue weighted by Gasteiger charge is 2.40. The van der Waals surface area contributed by atoms with Crippen molar-refractivity contribution in [1.82, 2.24) is 20.0 Å². The molecule has 4 heterocycles. The van der Waals surface area contributed by atoms with Crippen LogP contribution in [0.2, 0.25) is 0 Å². The van der Waals surface area contributed by atoms with Crippen molar-refractivity contribution >= 4 is 23.7 Å². The number of nitrogens with zero attached hydrogens (tertiary/aromatic N) is 3. The minimum absolute atomic E-state index is 0.0222. The Bertz CT molecular complexity index is 1390. The first-order chi connectivity index (χ1) is 22.8. The van der Waals surface area contributed by atoms with Crippen LogP contribution in [0.5, 0.6) is 0 Å². The number of ether oxygens (including phenoxy) is 2. The molecule has 2 atom stereocenters. The van der Waals surface area contributed by atoms with Crippen molar-refractivity contribution in [3.05, 3.63) is 64.7 Å². The van der Waals surface area contributed by atoms with Gasteiger partial charge in [-0.05, 0) is 101 Å². The topological polar surface area (TPSA) is 103 Å². The first-order valence-electron chi connectivity index (χ1n) is 17.5. The number of nitrogens with one attached hydrogen (secondary N) is 2. The van der Waals surface area contributed by atoms with Gasteiger partial charge in [0.15, 0.2) is 0 Å². The van der Waals surface area contributed by atoms with Gasteiger partial charge < -0.3 is 34.8 Å². The summed E-state index contributed by atoms with van der Waals surface area (Å²) >= 11 is 0. The fourth-order valence-corrected chi connectivity index (χ4v) is 8.22. The van der Waals surface area contributed by atoms with E-state index in [1.165, 1.54) is 12.8 Å². The van der Waals surface area contributed by atoms with E-state index in [0.717, 1.165) is 60.3 Å². The van der Waals surface area contributed by atoms with Crippen LogP contribution < -0.4 is 10.6 Å². The van der Waals surface area contributed by atoms with Gasteiger partial charge in [0.25, 0.3) is 5.91 Å². The second kappa shape index (κ2) is 15.1. The average molecular weight is 646 g/mol. The van der Waals surface area contributed by atoms with Crippen LogP contribution in [-0.2, 0) is 20.7 Å². The molecule has 47 heavy (non-hydrogen) atoms. The normalized spacial score (nSPS) is 21.4. The number of hydrogen-bond acceptors (Lipinski definition) is 6. The standard InChI is InChI=1S/C37H51N5O5/c1-25-22-26(2)24-30(23-25)33(46-3)34(35(43)40-17-10-28(11-18-40)27-8-15-38-16-9-27)47-37(45)41-19-13-31(14-20-41)42-21-12-29-6-4-5-7-32(29)39-36(42)44/h4-7,22-24,27-28,31,33-34,38H,8-21H2,1-3H3,(H,39,44)/t33?,34-/m1/s1. The first-order valence-corrected chi connectivity index (χ1v) is 17.5. The molecule has 10 nitrogen and oxygen atoms in total. The quantitative estimate of drug-likeness (QED) is 0.425. The maximum atomic E-state index is 14.3. The highest BCUT2D eigenvalue weighted by Crippen LogP contribution is 2.33. The number of rotatable bonds is 7. The van der Waals surface area contributed by atoms with E-state index in [0.29, 0.717) is 57.4 Å². The fraction of sp³-hybridized carbons (Fsp3) is 0.595. The second-order valence-corrected chi connectivity index (χ2v) is 13.9. The molecule has 4 aliphatic rings. The SMILES string of the molecule is COC(c1cc(C)cc(C)c1)[C@@H](OC(=O)N1CCC(N2CCc3ccccc3NC2=O)CC1)C(=O)N1CCC(C2CCNCC2)CC1. The summed E-state index contributed by atoms with van der Waals surface area (Å²) in [4.78, 5) is 46.6. The average Bonchev–Trinajstić information content (AvgIpc) is 3.26. The van der Waals surface area contributed by atoms with E-state index < -0.39 is 18.3 Å². The van der Waals surface area contributed by atoms with E-state index in [1.54, 1.807) is 12.0 Å². The summed E-state index contributed by atoms with van der Waals surface area (Å²) in [5, 5.41) is 6.52. The molecule has 0 radical (unpaired) electrons. The summed E-state index contributed by atoms with van der Waals surface area (Å²) in [6, 6.07) is 13.9. The van der Waals surface area contributed by atoms with E-state index >= 15 is 0 Å². The van der Waals surface area contributed by atoms with Crippen LogP contribution in [-0.4, -0.2) is 97.8 Å². The van der Waals surface area contributed by atoms with Crippen molar-refractivity contribution in [3.63, 3.8) is 0 Å². The van der Waals surface area contributed by atoms with E-state index in [9.17, 15) is 14.4 Å². The van der Waals surface area contributed by atoms with Crippen LogP contribution in [0.3, 0.4) is 0 Å². The van der Waals surface area contributed by atoms with Crippen molar-refractivity contribution in [2.75, 3.05) is 58.2 Å². The van der Waals surface area contributed by atoms with Gasteiger partial charge >= 0.3 is 12.1 Å². The van der Waals surface area contributed by atoms with E-state index in [-0.39, 0.29) is 18.0 Å². The number of carbonyl (C=O) groups is 3. The third-order valence-electron chi connectivity index (χ3n) is 10.8. The summed E-state index contributed by atoms with van der Waals surface area (Å²) < 4.78 is 12.1. The van der Waals surface area contributed by atoms with Crippen LogP contribution in [0.25, 0.3) is 0 Å². The summed E-state index contributed by atoms with van der Waals surface area (Å²) in [5.41, 5.74) is 4.94. The van der Waals surface area contributed by atoms with Gasteiger partial charge in [0, 0.05) is 51.6 Å². The number of fused-ring (bicyclic) bond motifs is 1. The van der Waals surface area contributed by atoms with Crippen molar-refractivity contribution in [1.29, 1.82) is 0 Å². The largest absolute Gasteiger partial charge is 0.433 e. The number of piperidine rings is 3. The maximum Gasteiger partial charge on any atom is 0.410 e. The van der Waals surface area contributed by atoms with Gasteiger partial charge in [-0.25, -0.2) is 9.59 Å². The number of amides is 4. The summed E-state index contributed by atoms with van der Waals surface area (Å²) in [6.07, 6.45) is 4.08. The lowest BCUT2D eigenvalue weighted by atomic mass is 9.79. The first kappa shape index (κ1) is 33.3. The predicted octanol–water partition coefficient (Wildman–Crippen LogP) is 5.29. The Morgan fingerprint density at radius 3 is 2.15 bits per heavy atom. The third-order valence-corrected chi connectivity index (χ3v) is 10.8. The molecular formula is C37H51N5O5. The van der Waals surface area contributed by atoms with E-state index in [1.807, 2.05) is 54.0 Å². The Morgan fingerprint density at radius 1 is 0.830 bits per heavy atom. The van der Waals surface area contributed by atoms with Gasteiger partial charge in [0.05, 0.1) is 0 Å². The van der Waals surface area contributed by atoms with Crippen molar-refractivity contribution in [3.8, 4) is 0 Å². The molecule has 1 unspecified atom stereocenters. The smallest absolute Gasteiger partial charge is 0.410 e. The molecule has 0 aliphatic carbocycles. The van der Waals surface area contributed by atoms with Crippen molar-refractivity contribution < 1.29 is 23.9 Å². The lowest BCUT2D eigenvalue weighted by Gasteiger charge is -2.40. The Kier molecular flexibility index (Phi) is 10.7. The monoisotopic (exact) mass is 645 g/mol. The molecule has 6 rings (SSSR count). The Morgan fingerprint density at radius 2 is 1.47 bits per heavy atom. The molecule has 2 N–H and O–H groups in total. The number of anilines is 1. The molecule has 2 aromatic carbocycles. The van der Waals surface area contributed by atoms with E-state index in [2.05, 4.69) is 22.8 Å². The van der Waals surface area contributed by atoms with Gasteiger partial charge in [-0.15, -0.1) is 0 Å². The van der Waals surface area contributed by atoms with Crippen molar-refractivity contribution in [2.45, 2.75) is 77.0 Å². The zero-order valence-electron chi connectivity index (χ0n) is 28.2. The molecule has 10 heteroatoms. The van der Waals surface area contributed by atoms with Crippen molar-refractivity contribution in [2.24, 2.45) is 11.8 Å². The molecule has 254 valence electrons. The molecule has 0 aromatic heterocycles. The zero-order valence-corrected chi connectivity index (χ0v) is 28.2. The molecule has 3 fully saturated rings. The van der Waals surface area contributed by atoms with Crippen LogP contribution in [0.15, 0.2) is 42.5 Å². The number of hydrogen-bond donors (Lipinski definition) is 2. The Labute approximate surface area is 279 Å². The number of carbonyl (C=O) groups excluding carboxylic acids is 3. The number of likely N-dealkylation sites (tertiary alicyclic amines) is 2. The number of para-hydroxylation sites is 1. The molecule has 0 bridgehead atoms. The molecule has 0 spiro atoms. The predicted molar refractivity (Wildman–Crippen MR) is 181 cm³/mol. The Hall–Kier alpha value is -3.63. The Balaban J connectivity index is 1.12. The minimum Gasteiger partial charge on any atom is -0.433 e. The minimum atomic E-state index is -1.10. The van der Waals surface area contributed by atoms with Gasteiger partial charge in [0.1, 0.15) is 6.10 Å². The lowest BCUT2D eigenvalue weighted by molar-refractivity contribution is -0.151.